The Bertz CT molecular complexity index is 633. The molecule has 5 atom stereocenters. The quantitative estimate of drug-likeness (QED) is 0.678. The van der Waals surface area contributed by atoms with Crippen LogP contribution in [0.5, 0.6) is 0 Å². The van der Waals surface area contributed by atoms with Crippen molar-refractivity contribution >= 4 is 5.78 Å². The van der Waals surface area contributed by atoms with Crippen LogP contribution in [-0.2, 0) is 28.5 Å². The maximum atomic E-state index is 12.5. The summed E-state index contributed by atoms with van der Waals surface area (Å²) in [5, 5.41) is 0. The molecule has 3 saturated heterocycles. The topological polar surface area (TPSA) is 63.2 Å². The van der Waals surface area contributed by atoms with Crippen molar-refractivity contribution in [3.8, 4) is 0 Å². The van der Waals surface area contributed by atoms with Gasteiger partial charge in [-0.2, -0.15) is 0 Å². The van der Waals surface area contributed by atoms with Gasteiger partial charge in [0.05, 0.1) is 12.9 Å². The van der Waals surface area contributed by atoms with Crippen molar-refractivity contribution < 1.29 is 28.5 Å². The lowest BCUT2D eigenvalue weighted by Crippen LogP contribution is -2.48. The van der Waals surface area contributed by atoms with Crippen molar-refractivity contribution in [2.75, 3.05) is 6.61 Å². The fourth-order valence-electron chi connectivity index (χ4n) is 4.36. The number of ketones is 1. The highest BCUT2D eigenvalue weighted by molar-refractivity contribution is 5.98. The molecule has 0 bridgehead atoms. The zero-order chi connectivity index (χ0) is 15.8. The van der Waals surface area contributed by atoms with E-state index in [0.717, 1.165) is 29.7 Å². The number of hydrogen-bond donors (Lipinski definition) is 0. The minimum absolute atomic E-state index is 0.0915. The number of carbonyl (C=O) groups excluding carboxylic acids is 1. The smallest absolute Gasteiger partial charge is 0.190 e. The van der Waals surface area contributed by atoms with Gasteiger partial charge in [0, 0.05) is 29.9 Å². The van der Waals surface area contributed by atoms with E-state index in [-0.39, 0.29) is 30.0 Å². The molecule has 1 aliphatic carbocycles. The number of ether oxygens (including phenoxy) is 5. The number of hydrogen-bond acceptors (Lipinski definition) is 6. The van der Waals surface area contributed by atoms with E-state index in [9.17, 15) is 4.79 Å². The Labute approximate surface area is 134 Å². The third kappa shape index (κ3) is 1.99. The molecule has 5 aliphatic rings. The summed E-state index contributed by atoms with van der Waals surface area (Å²) in [7, 11) is 0. The average molecular weight is 320 g/mol. The molecule has 5 rings (SSSR count). The van der Waals surface area contributed by atoms with E-state index in [0.29, 0.717) is 13.0 Å². The highest BCUT2D eigenvalue weighted by Gasteiger charge is 2.60. The standard InChI is InChI=1S/C17H20O6/c1-17(2)22-15-14-13(21-16(15)23-17)11-8(7-20-14)6-19-10-5-3-4-9(18)12(10)11/h6,11,13-16H,3-5,7H2,1-2H3/t11-,13-,14+,15-,16-/m1/s1. The predicted molar refractivity (Wildman–Crippen MR) is 77.0 cm³/mol. The first-order chi connectivity index (χ1) is 11.0. The van der Waals surface area contributed by atoms with Crippen LogP contribution >= 0.6 is 0 Å². The zero-order valence-corrected chi connectivity index (χ0v) is 13.2. The van der Waals surface area contributed by atoms with Crippen LogP contribution in [0.3, 0.4) is 0 Å². The van der Waals surface area contributed by atoms with Gasteiger partial charge >= 0.3 is 0 Å². The van der Waals surface area contributed by atoms with E-state index in [1.807, 2.05) is 13.8 Å². The van der Waals surface area contributed by atoms with E-state index in [1.165, 1.54) is 0 Å². The van der Waals surface area contributed by atoms with Crippen molar-refractivity contribution in [2.24, 2.45) is 5.92 Å². The first-order valence-electron chi connectivity index (χ1n) is 8.28. The van der Waals surface area contributed by atoms with Crippen LogP contribution in [0.4, 0.5) is 0 Å². The summed E-state index contributed by atoms with van der Waals surface area (Å²) in [6.07, 6.45) is 2.82. The first-order valence-corrected chi connectivity index (χ1v) is 8.28. The molecule has 6 heteroatoms. The first kappa shape index (κ1) is 14.2. The van der Waals surface area contributed by atoms with Crippen molar-refractivity contribution in [1.29, 1.82) is 0 Å². The van der Waals surface area contributed by atoms with Gasteiger partial charge in [-0.1, -0.05) is 0 Å². The van der Waals surface area contributed by atoms with Gasteiger partial charge in [0.25, 0.3) is 0 Å². The van der Waals surface area contributed by atoms with Gasteiger partial charge in [0.2, 0.25) is 0 Å². The van der Waals surface area contributed by atoms with Crippen LogP contribution in [0.2, 0.25) is 0 Å². The van der Waals surface area contributed by atoms with E-state index in [4.69, 9.17) is 23.7 Å². The van der Waals surface area contributed by atoms with Gasteiger partial charge in [-0.3, -0.25) is 4.79 Å². The van der Waals surface area contributed by atoms with Crippen LogP contribution in [-0.4, -0.2) is 42.8 Å². The number of Topliss-reactive ketones (excluding diaryl/α,β-unsaturated/α-hetero) is 1. The molecular formula is C17H20O6. The van der Waals surface area contributed by atoms with Crippen LogP contribution < -0.4 is 0 Å². The second-order valence-electron chi connectivity index (χ2n) is 7.25. The Morgan fingerprint density at radius 3 is 2.87 bits per heavy atom. The maximum Gasteiger partial charge on any atom is 0.190 e. The normalized spacial score (nSPS) is 44.0. The van der Waals surface area contributed by atoms with Crippen LogP contribution in [0, 0.1) is 5.92 Å². The summed E-state index contributed by atoms with van der Waals surface area (Å²) in [5.41, 5.74) is 1.76. The lowest BCUT2D eigenvalue weighted by atomic mass is 9.76. The third-order valence-electron chi connectivity index (χ3n) is 5.27. The summed E-state index contributed by atoms with van der Waals surface area (Å²) in [6.45, 7) is 4.18. The zero-order valence-electron chi connectivity index (χ0n) is 13.2. The van der Waals surface area contributed by atoms with Crippen molar-refractivity contribution in [3.63, 3.8) is 0 Å². The highest BCUT2D eigenvalue weighted by Crippen LogP contribution is 2.49. The Balaban J connectivity index is 1.50. The summed E-state index contributed by atoms with van der Waals surface area (Å²) in [4.78, 5) is 12.5. The lowest BCUT2D eigenvalue weighted by Gasteiger charge is -2.40. The molecule has 23 heavy (non-hydrogen) atoms. The molecule has 0 unspecified atom stereocenters. The SMILES string of the molecule is CC1(C)O[C@H]2O[C@@H]3[C@@H]4C(=COC5=C4C(=O)CCC5)CO[C@@H]3[C@H]2O1. The Kier molecular flexibility index (Phi) is 2.87. The summed E-state index contributed by atoms with van der Waals surface area (Å²) in [6, 6.07) is 0. The van der Waals surface area contributed by atoms with Gasteiger partial charge < -0.3 is 23.7 Å². The molecule has 3 fully saturated rings. The van der Waals surface area contributed by atoms with E-state index < -0.39 is 12.1 Å². The second-order valence-corrected chi connectivity index (χ2v) is 7.25. The molecule has 0 saturated carbocycles. The molecule has 6 nitrogen and oxygen atoms in total. The average Bonchev–Trinajstić information content (AvgIpc) is 2.98. The second kappa shape index (κ2) is 4.66. The molecule has 0 spiro atoms. The Hall–Kier alpha value is -1.21. The summed E-state index contributed by atoms with van der Waals surface area (Å²) in [5.74, 6) is 0.218. The molecule has 0 radical (unpaired) electrons. The van der Waals surface area contributed by atoms with Gasteiger partial charge in [-0.05, 0) is 20.3 Å². The predicted octanol–water partition coefficient (Wildman–Crippen LogP) is 1.80. The third-order valence-corrected chi connectivity index (χ3v) is 5.27. The van der Waals surface area contributed by atoms with Gasteiger partial charge in [-0.15, -0.1) is 0 Å². The monoisotopic (exact) mass is 320 g/mol. The van der Waals surface area contributed by atoms with E-state index in [1.54, 1.807) is 6.26 Å². The molecule has 4 heterocycles. The van der Waals surface area contributed by atoms with E-state index >= 15 is 0 Å². The van der Waals surface area contributed by atoms with Crippen LogP contribution in [0.1, 0.15) is 33.1 Å². The highest BCUT2D eigenvalue weighted by atomic mass is 16.8. The molecule has 0 amide bonds. The lowest BCUT2D eigenvalue weighted by molar-refractivity contribution is -0.226. The maximum absolute atomic E-state index is 12.5. The van der Waals surface area contributed by atoms with Crippen molar-refractivity contribution in [3.05, 3.63) is 23.2 Å². The van der Waals surface area contributed by atoms with Gasteiger partial charge in [0.15, 0.2) is 17.9 Å². The molecule has 0 aromatic carbocycles. The summed E-state index contributed by atoms with van der Waals surface area (Å²) < 4.78 is 29.6. The number of allylic oxidation sites excluding steroid dienone is 1. The van der Waals surface area contributed by atoms with Gasteiger partial charge in [0.1, 0.15) is 24.1 Å². The van der Waals surface area contributed by atoms with Crippen LogP contribution in [0.25, 0.3) is 0 Å². The van der Waals surface area contributed by atoms with Crippen molar-refractivity contribution in [2.45, 2.75) is 63.5 Å². The minimum Gasteiger partial charge on any atom is -0.469 e. The number of carbonyl (C=O) groups is 1. The van der Waals surface area contributed by atoms with E-state index in [2.05, 4.69) is 0 Å². The summed E-state index contributed by atoms with van der Waals surface area (Å²) >= 11 is 0. The molecule has 0 aromatic rings. The largest absolute Gasteiger partial charge is 0.469 e. The minimum atomic E-state index is -0.666. The number of fused-ring (bicyclic) bond motifs is 6. The fourth-order valence-corrected chi connectivity index (χ4v) is 4.36. The molecule has 4 aliphatic heterocycles. The molecular weight excluding hydrogens is 300 g/mol. The Morgan fingerprint density at radius 1 is 1.13 bits per heavy atom. The van der Waals surface area contributed by atoms with Crippen molar-refractivity contribution in [1.82, 2.24) is 0 Å². The fraction of sp³-hybridized carbons (Fsp3) is 0.706. The number of rotatable bonds is 0. The Morgan fingerprint density at radius 2 is 2.00 bits per heavy atom. The van der Waals surface area contributed by atoms with Crippen LogP contribution in [0.15, 0.2) is 23.2 Å². The molecule has 0 N–H and O–H groups in total. The van der Waals surface area contributed by atoms with Gasteiger partial charge in [-0.25, -0.2) is 0 Å². The molecule has 124 valence electrons. The molecule has 0 aromatic heterocycles.